The third-order valence-electron chi connectivity index (χ3n) is 3.35. The molecule has 0 saturated heterocycles. The molecule has 0 spiro atoms. The van der Waals surface area contributed by atoms with Crippen molar-refractivity contribution in [1.29, 1.82) is 0 Å². The first-order valence-corrected chi connectivity index (χ1v) is 5.46. The van der Waals surface area contributed by atoms with Gasteiger partial charge in [-0.25, -0.2) is 0 Å². The lowest BCUT2D eigenvalue weighted by Crippen LogP contribution is -2.21. The number of nitrogens with zero attached hydrogens (tertiary/aromatic N) is 1. The van der Waals surface area contributed by atoms with E-state index < -0.39 is 0 Å². The van der Waals surface area contributed by atoms with Crippen LogP contribution in [0.1, 0.15) is 37.7 Å². The molecule has 0 aliphatic heterocycles. The normalized spacial score (nSPS) is 13.5. The summed E-state index contributed by atoms with van der Waals surface area (Å²) in [5.74, 6) is -0.121. The standard InChI is InChI=1S/C14H11NO2/c1-8-7-11-12(15(8)2)14(17)10-6-4-3-5-9(10)13(11)16/h3-7H,1-2H3. The number of aromatic nitrogens is 1. The zero-order chi connectivity index (χ0) is 12.2. The Morgan fingerprint density at radius 3 is 2.18 bits per heavy atom. The van der Waals surface area contributed by atoms with Gasteiger partial charge in [-0.05, 0) is 13.0 Å². The van der Waals surface area contributed by atoms with E-state index in [0.717, 1.165) is 5.69 Å². The van der Waals surface area contributed by atoms with E-state index in [1.807, 2.05) is 14.0 Å². The van der Waals surface area contributed by atoms with Crippen molar-refractivity contribution in [2.24, 2.45) is 7.05 Å². The third kappa shape index (κ3) is 1.16. The molecule has 0 fully saturated rings. The van der Waals surface area contributed by atoms with Crippen molar-refractivity contribution < 1.29 is 9.59 Å². The van der Waals surface area contributed by atoms with Crippen LogP contribution in [0.4, 0.5) is 0 Å². The molecule has 3 heteroatoms. The molecule has 0 amide bonds. The third-order valence-corrected chi connectivity index (χ3v) is 3.35. The number of benzene rings is 1. The second kappa shape index (κ2) is 3.17. The zero-order valence-corrected chi connectivity index (χ0v) is 9.65. The Balaban J connectivity index is 2.37. The fourth-order valence-corrected chi connectivity index (χ4v) is 2.33. The van der Waals surface area contributed by atoms with Crippen molar-refractivity contribution in [3.05, 3.63) is 58.4 Å². The van der Waals surface area contributed by atoms with Gasteiger partial charge in [0.2, 0.25) is 5.78 Å². The number of carbonyl (C=O) groups is 2. The molecule has 1 aliphatic carbocycles. The van der Waals surface area contributed by atoms with E-state index in [1.54, 1.807) is 34.9 Å². The molecular formula is C14H11NO2. The highest BCUT2D eigenvalue weighted by atomic mass is 16.1. The molecule has 2 aromatic rings. The minimum atomic E-state index is -0.0641. The summed E-state index contributed by atoms with van der Waals surface area (Å²) in [5, 5.41) is 0. The number of fused-ring (bicyclic) bond motifs is 2. The molecule has 1 heterocycles. The lowest BCUT2D eigenvalue weighted by atomic mass is 9.88. The van der Waals surface area contributed by atoms with Crippen molar-refractivity contribution in [2.75, 3.05) is 0 Å². The second-order valence-corrected chi connectivity index (χ2v) is 4.31. The van der Waals surface area contributed by atoms with Gasteiger partial charge in [0.15, 0.2) is 5.78 Å². The van der Waals surface area contributed by atoms with E-state index >= 15 is 0 Å². The molecular weight excluding hydrogens is 214 g/mol. The van der Waals surface area contributed by atoms with Gasteiger partial charge >= 0.3 is 0 Å². The molecule has 1 aromatic carbocycles. The number of aryl methyl sites for hydroxylation is 1. The largest absolute Gasteiger partial charge is 0.345 e. The van der Waals surface area contributed by atoms with E-state index in [-0.39, 0.29) is 11.6 Å². The maximum Gasteiger partial charge on any atom is 0.210 e. The van der Waals surface area contributed by atoms with Gasteiger partial charge in [-0.1, -0.05) is 24.3 Å². The molecule has 0 atom stereocenters. The van der Waals surface area contributed by atoms with Crippen LogP contribution in [0.5, 0.6) is 0 Å². The average Bonchev–Trinajstić information content (AvgIpc) is 2.64. The fraction of sp³-hybridized carbons (Fsp3) is 0.143. The van der Waals surface area contributed by atoms with Crippen LogP contribution in [-0.4, -0.2) is 16.1 Å². The predicted octanol–water partition coefficient (Wildman–Crippen LogP) is 2.11. The number of rotatable bonds is 0. The number of ketones is 2. The van der Waals surface area contributed by atoms with E-state index in [4.69, 9.17) is 0 Å². The molecule has 0 bridgehead atoms. The van der Waals surface area contributed by atoms with Crippen molar-refractivity contribution in [2.45, 2.75) is 6.92 Å². The van der Waals surface area contributed by atoms with Crippen LogP contribution < -0.4 is 0 Å². The van der Waals surface area contributed by atoms with Gasteiger partial charge < -0.3 is 4.57 Å². The second-order valence-electron chi connectivity index (χ2n) is 4.31. The molecule has 84 valence electrons. The SMILES string of the molecule is Cc1cc2c(n1C)C(=O)c1ccccc1C2=O. The van der Waals surface area contributed by atoms with Gasteiger partial charge in [0.1, 0.15) is 5.69 Å². The van der Waals surface area contributed by atoms with Gasteiger partial charge in [-0.15, -0.1) is 0 Å². The first kappa shape index (κ1) is 10.0. The van der Waals surface area contributed by atoms with E-state index in [9.17, 15) is 9.59 Å². The molecule has 0 unspecified atom stereocenters. The van der Waals surface area contributed by atoms with Crippen LogP contribution in [0, 0.1) is 6.92 Å². The molecule has 0 radical (unpaired) electrons. The maximum atomic E-state index is 12.3. The quantitative estimate of drug-likeness (QED) is 0.587. The molecule has 0 N–H and O–H groups in total. The topological polar surface area (TPSA) is 39.1 Å². The first-order chi connectivity index (χ1) is 8.11. The lowest BCUT2D eigenvalue weighted by molar-refractivity contribution is 0.0974. The Bertz CT molecular complexity index is 665. The summed E-state index contributed by atoms with van der Waals surface area (Å²) in [6.45, 7) is 1.89. The highest BCUT2D eigenvalue weighted by Gasteiger charge is 2.32. The lowest BCUT2D eigenvalue weighted by Gasteiger charge is -2.15. The summed E-state index contributed by atoms with van der Waals surface area (Å²) in [6, 6.07) is 8.77. The molecule has 1 aromatic heterocycles. The molecule has 0 saturated carbocycles. The summed E-state index contributed by atoms with van der Waals surface area (Å²) >= 11 is 0. The van der Waals surface area contributed by atoms with Crippen molar-refractivity contribution in [1.82, 2.24) is 4.57 Å². The smallest absolute Gasteiger partial charge is 0.210 e. The van der Waals surface area contributed by atoms with E-state index in [2.05, 4.69) is 0 Å². The highest BCUT2D eigenvalue weighted by Crippen LogP contribution is 2.28. The number of carbonyl (C=O) groups excluding carboxylic acids is 2. The van der Waals surface area contributed by atoms with E-state index in [0.29, 0.717) is 22.4 Å². The summed E-state index contributed by atoms with van der Waals surface area (Å²) in [7, 11) is 1.81. The Morgan fingerprint density at radius 2 is 1.53 bits per heavy atom. The summed E-state index contributed by atoms with van der Waals surface area (Å²) < 4.78 is 1.78. The van der Waals surface area contributed by atoms with Crippen molar-refractivity contribution in [3.63, 3.8) is 0 Å². The van der Waals surface area contributed by atoms with Gasteiger partial charge in [-0.3, -0.25) is 9.59 Å². The van der Waals surface area contributed by atoms with Crippen LogP contribution >= 0.6 is 0 Å². The summed E-state index contributed by atoms with van der Waals surface area (Å²) in [4.78, 5) is 24.6. The van der Waals surface area contributed by atoms with Gasteiger partial charge in [0, 0.05) is 23.9 Å². The number of hydrogen-bond donors (Lipinski definition) is 0. The Labute approximate surface area is 98.7 Å². The van der Waals surface area contributed by atoms with Crippen molar-refractivity contribution in [3.8, 4) is 0 Å². The molecule has 1 aliphatic rings. The fourth-order valence-electron chi connectivity index (χ4n) is 2.33. The first-order valence-electron chi connectivity index (χ1n) is 5.46. The highest BCUT2D eigenvalue weighted by molar-refractivity contribution is 6.28. The summed E-state index contributed by atoms with van der Waals surface area (Å²) in [6.07, 6.45) is 0. The zero-order valence-electron chi connectivity index (χ0n) is 9.65. The Hall–Kier alpha value is -2.16. The molecule has 3 nitrogen and oxygen atoms in total. The molecule has 3 rings (SSSR count). The number of hydrogen-bond acceptors (Lipinski definition) is 2. The average molecular weight is 225 g/mol. The predicted molar refractivity (Wildman–Crippen MR) is 63.5 cm³/mol. The minimum absolute atomic E-state index is 0.0566. The van der Waals surface area contributed by atoms with Crippen LogP contribution in [-0.2, 0) is 7.05 Å². The Morgan fingerprint density at radius 1 is 0.941 bits per heavy atom. The van der Waals surface area contributed by atoms with Crippen LogP contribution in [0.15, 0.2) is 30.3 Å². The van der Waals surface area contributed by atoms with Crippen LogP contribution in [0.25, 0.3) is 0 Å². The molecule has 17 heavy (non-hydrogen) atoms. The monoisotopic (exact) mass is 225 g/mol. The van der Waals surface area contributed by atoms with Gasteiger partial charge in [0.25, 0.3) is 0 Å². The van der Waals surface area contributed by atoms with E-state index in [1.165, 1.54) is 0 Å². The minimum Gasteiger partial charge on any atom is -0.345 e. The summed E-state index contributed by atoms with van der Waals surface area (Å²) in [5.41, 5.74) is 2.96. The van der Waals surface area contributed by atoms with Gasteiger partial charge in [-0.2, -0.15) is 0 Å². The van der Waals surface area contributed by atoms with Crippen LogP contribution in [0.2, 0.25) is 0 Å². The van der Waals surface area contributed by atoms with Crippen LogP contribution in [0.3, 0.4) is 0 Å². The van der Waals surface area contributed by atoms with Gasteiger partial charge in [0.05, 0.1) is 5.56 Å². The van der Waals surface area contributed by atoms with Crippen molar-refractivity contribution >= 4 is 11.6 Å². The maximum absolute atomic E-state index is 12.3. The Kier molecular flexibility index (Phi) is 1.87.